The van der Waals surface area contributed by atoms with Crippen molar-refractivity contribution in [2.24, 2.45) is 41.4 Å². The van der Waals surface area contributed by atoms with Crippen molar-refractivity contribution in [3.63, 3.8) is 0 Å². The van der Waals surface area contributed by atoms with E-state index in [2.05, 4.69) is 25.7 Å². The summed E-state index contributed by atoms with van der Waals surface area (Å²) in [5, 5.41) is 0. The smallest absolute Gasteiger partial charge is 0.309 e. The highest BCUT2D eigenvalue weighted by molar-refractivity contribution is 5.72. The van der Waals surface area contributed by atoms with Crippen LogP contribution in [0.15, 0.2) is 0 Å². The molecule has 0 amide bonds. The molecule has 0 atom stereocenters. The molecular formula is C33H54O2. The number of carbonyl (C=O) groups excluding carboxylic acids is 1. The third-order valence-corrected chi connectivity index (χ3v) is 10.4. The summed E-state index contributed by atoms with van der Waals surface area (Å²) < 4.78 is 5.97. The molecule has 35 heavy (non-hydrogen) atoms. The van der Waals surface area contributed by atoms with Gasteiger partial charge in [0.1, 0.15) is 6.10 Å². The van der Waals surface area contributed by atoms with Gasteiger partial charge in [-0.1, -0.05) is 64.2 Å². The molecule has 0 aromatic rings. The van der Waals surface area contributed by atoms with Gasteiger partial charge in [0, 0.05) is 11.8 Å². The van der Waals surface area contributed by atoms with Crippen molar-refractivity contribution < 1.29 is 9.53 Å². The van der Waals surface area contributed by atoms with Crippen molar-refractivity contribution in [2.45, 2.75) is 148 Å². The van der Waals surface area contributed by atoms with Crippen LogP contribution < -0.4 is 0 Å². The lowest BCUT2D eigenvalue weighted by Gasteiger charge is -2.37. The fraction of sp³-hybridized carbons (Fsp3) is 0.909. The normalized spacial score (nSPS) is 38.2. The molecule has 0 unspecified atom stereocenters. The van der Waals surface area contributed by atoms with E-state index in [-0.39, 0.29) is 18.0 Å². The van der Waals surface area contributed by atoms with Gasteiger partial charge in [-0.25, -0.2) is 0 Å². The molecule has 0 N–H and O–H groups in total. The van der Waals surface area contributed by atoms with E-state index in [0.717, 1.165) is 62.2 Å². The molecule has 4 aliphatic carbocycles. The van der Waals surface area contributed by atoms with Crippen LogP contribution in [0.3, 0.4) is 0 Å². The van der Waals surface area contributed by atoms with Gasteiger partial charge in [0.25, 0.3) is 0 Å². The summed E-state index contributed by atoms with van der Waals surface area (Å²) in [7, 11) is 0. The first-order valence-electron chi connectivity index (χ1n) is 15.9. The minimum Gasteiger partial charge on any atom is -0.462 e. The molecule has 0 aromatic carbocycles. The van der Waals surface area contributed by atoms with Crippen LogP contribution in [0.1, 0.15) is 142 Å². The van der Waals surface area contributed by atoms with Gasteiger partial charge < -0.3 is 4.74 Å². The highest BCUT2D eigenvalue weighted by Crippen LogP contribution is 2.42. The Bertz CT molecular complexity index is 670. The monoisotopic (exact) mass is 482 g/mol. The van der Waals surface area contributed by atoms with Crippen LogP contribution in [0.25, 0.3) is 0 Å². The van der Waals surface area contributed by atoms with Crippen LogP contribution in [0.2, 0.25) is 0 Å². The average molecular weight is 483 g/mol. The first-order chi connectivity index (χ1) is 17.1. The Hall–Kier alpha value is -0.970. The number of ether oxygens (including phenoxy) is 1. The van der Waals surface area contributed by atoms with Crippen molar-refractivity contribution in [1.29, 1.82) is 0 Å². The predicted octanol–water partition coefficient (Wildman–Crippen LogP) is 9.11. The summed E-state index contributed by atoms with van der Waals surface area (Å²) in [5.74, 6) is 12.7. The summed E-state index contributed by atoms with van der Waals surface area (Å²) in [6.07, 6.45) is 25.9. The van der Waals surface area contributed by atoms with Crippen LogP contribution in [0.5, 0.6) is 0 Å². The standard InChI is InChI=1S/C33H54O2/c1-3-5-25-9-17-29(18-10-25)30-19-11-27(12-20-30)7-8-28-15-23-32(24-16-28)35-33(34)31-21-13-26(6-4-2)14-22-31/h25-32H,3-6,9-24H2,1-2H3. The van der Waals surface area contributed by atoms with Crippen molar-refractivity contribution in [2.75, 3.05) is 0 Å². The molecule has 0 heterocycles. The Kier molecular flexibility index (Phi) is 10.9. The highest BCUT2D eigenvalue weighted by atomic mass is 16.5. The summed E-state index contributed by atoms with van der Waals surface area (Å²) >= 11 is 0. The van der Waals surface area contributed by atoms with Crippen LogP contribution in [0.4, 0.5) is 0 Å². The van der Waals surface area contributed by atoms with Crippen molar-refractivity contribution in [1.82, 2.24) is 0 Å². The van der Waals surface area contributed by atoms with Gasteiger partial charge in [0.05, 0.1) is 5.92 Å². The number of carbonyl (C=O) groups is 1. The molecule has 4 aliphatic rings. The lowest BCUT2D eigenvalue weighted by molar-refractivity contribution is -0.157. The van der Waals surface area contributed by atoms with E-state index in [9.17, 15) is 4.79 Å². The van der Waals surface area contributed by atoms with E-state index < -0.39 is 0 Å². The van der Waals surface area contributed by atoms with Crippen molar-refractivity contribution in [3.05, 3.63) is 0 Å². The zero-order valence-corrected chi connectivity index (χ0v) is 23.1. The SMILES string of the molecule is CCCC1CCC(C(=O)OC2CCC(C#CC3CCC(C4CCC(CCC)CC4)CC3)CC2)CC1. The minimum atomic E-state index is 0.102. The summed E-state index contributed by atoms with van der Waals surface area (Å²) in [6.45, 7) is 4.61. The number of rotatable bonds is 7. The lowest BCUT2D eigenvalue weighted by Crippen LogP contribution is -2.30. The third-order valence-electron chi connectivity index (χ3n) is 10.4. The van der Waals surface area contributed by atoms with Crippen LogP contribution >= 0.6 is 0 Å². The van der Waals surface area contributed by atoms with Crippen LogP contribution in [0, 0.1) is 53.3 Å². The van der Waals surface area contributed by atoms with Gasteiger partial charge in [0.2, 0.25) is 0 Å². The molecular weight excluding hydrogens is 428 g/mol. The number of hydrogen-bond acceptors (Lipinski definition) is 2. The van der Waals surface area contributed by atoms with Gasteiger partial charge in [-0.2, -0.15) is 0 Å². The molecule has 0 spiro atoms. The van der Waals surface area contributed by atoms with Crippen LogP contribution in [-0.4, -0.2) is 12.1 Å². The maximum atomic E-state index is 12.7. The quantitative estimate of drug-likeness (QED) is 0.267. The highest BCUT2D eigenvalue weighted by Gasteiger charge is 2.32. The largest absolute Gasteiger partial charge is 0.462 e. The van der Waals surface area contributed by atoms with E-state index in [1.165, 1.54) is 89.9 Å². The number of esters is 1. The first-order valence-corrected chi connectivity index (χ1v) is 15.9. The van der Waals surface area contributed by atoms with Crippen LogP contribution in [-0.2, 0) is 9.53 Å². The molecule has 4 saturated carbocycles. The lowest BCUT2D eigenvalue weighted by atomic mass is 9.69. The summed E-state index contributed by atoms with van der Waals surface area (Å²) in [5.41, 5.74) is 0. The first kappa shape index (κ1) is 27.1. The van der Waals surface area contributed by atoms with Gasteiger partial charge in [0.15, 0.2) is 0 Å². The molecule has 2 nitrogen and oxygen atoms in total. The minimum absolute atomic E-state index is 0.102. The summed E-state index contributed by atoms with van der Waals surface area (Å²) in [4.78, 5) is 12.7. The van der Waals surface area contributed by atoms with Gasteiger partial charge in [-0.05, 0) is 114 Å². The zero-order chi connectivity index (χ0) is 24.5. The molecule has 4 rings (SSSR count). The van der Waals surface area contributed by atoms with Gasteiger partial charge in [-0.15, -0.1) is 0 Å². The van der Waals surface area contributed by atoms with E-state index in [1.54, 1.807) is 0 Å². The zero-order valence-electron chi connectivity index (χ0n) is 23.1. The second kappa shape index (κ2) is 14.1. The molecule has 198 valence electrons. The maximum Gasteiger partial charge on any atom is 0.309 e. The van der Waals surface area contributed by atoms with Gasteiger partial charge in [-0.3, -0.25) is 4.79 Å². The fourth-order valence-electron chi connectivity index (χ4n) is 8.01. The molecule has 0 bridgehead atoms. The fourth-order valence-corrected chi connectivity index (χ4v) is 8.01. The third kappa shape index (κ3) is 8.27. The molecule has 0 aromatic heterocycles. The van der Waals surface area contributed by atoms with E-state index in [4.69, 9.17) is 4.74 Å². The number of hydrogen-bond donors (Lipinski definition) is 0. The molecule has 4 fully saturated rings. The molecule has 0 aliphatic heterocycles. The van der Waals surface area contributed by atoms with Crippen molar-refractivity contribution >= 4 is 5.97 Å². The molecule has 0 radical (unpaired) electrons. The predicted molar refractivity (Wildman–Crippen MR) is 146 cm³/mol. The molecule has 2 heteroatoms. The van der Waals surface area contributed by atoms with E-state index >= 15 is 0 Å². The second-order valence-electron chi connectivity index (χ2n) is 12.9. The van der Waals surface area contributed by atoms with Crippen molar-refractivity contribution in [3.8, 4) is 11.8 Å². The summed E-state index contributed by atoms with van der Waals surface area (Å²) in [6, 6.07) is 0. The van der Waals surface area contributed by atoms with Gasteiger partial charge >= 0.3 is 5.97 Å². The average Bonchev–Trinajstić information content (AvgIpc) is 2.90. The Morgan fingerprint density at radius 1 is 0.600 bits per heavy atom. The topological polar surface area (TPSA) is 26.3 Å². The maximum absolute atomic E-state index is 12.7. The van der Waals surface area contributed by atoms with E-state index in [0.29, 0.717) is 11.8 Å². The Morgan fingerprint density at radius 3 is 1.51 bits per heavy atom. The Balaban J connectivity index is 1.10. The second-order valence-corrected chi connectivity index (χ2v) is 12.9. The Labute approximate surface area is 217 Å². The molecule has 0 saturated heterocycles. The Morgan fingerprint density at radius 2 is 1.03 bits per heavy atom. The van der Waals surface area contributed by atoms with E-state index in [1.807, 2.05) is 0 Å².